The predicted octanol–water partition coefficient (Wildman–Crippen LogP) is 3.07. The van der Waals surface area contributed by atoms with Crippen LogP contribution >= 0.6 is 23.2 Å². The zero-order valence-corrected chi connectivity index (χ0v) is 9.92. The molecule has 0 aromatic heterocycles. The van der Waals surface area contributed by atoms with Gasteiger partial charge in [0.15, 0.2) is 9.76 Å². The van der Waals surface area contributed by atoms with Gasteiger partial charge in [0.25, 0.3) is 0 Å². The second-order valence-electron chi connectivity index (χ2n) is 4.52. The first kappa shape index (κ1) is 9.92. The van der Waals surface area contributed by atoms with Gasteiger partial charge in [-0.05, 0) is 49.7 Å². The van der Waals surface area contributed by atoms with E-state index in [0.717, 1.165) is 49.7 Å². The highest BCUT2D eigenvalue weighted by Crippen LogP contribution is 2.57. The van der Waals surface area contributed by atoms with Crippen LogP contribution in [0.4, 0.5) is 0 Å². The summed E-state index contributed by atoms with van der Waals surface area (Å²) in [5, 5.41) is 0. The number of fused-ring (bicyclic) bond motifs is 1. The highest BCUT2D eigenvalue weighted by atomic mass is 35.5. The molecular formula is C12H12Cl2O. The molecule has 0 heterocycles. The Bertz CT molecular complexity index is 424. The second-order valence-corrected chi connectivity index (χ2v) is 5.85. The van der Waals surface area contributed by atoms with Crippen LogP contribution in [-0.2, 0) is 12.8 Å². The summed E-state index contributed by atoms with van der Waals surface area (Å²) in [6.45, 7) is 0. The van der Waals surface area contributed by atoms with Gasteiger partial charge in [0, 0.05) is 11.1 Å². The van der Waals surface area contributed by atoms with Gasteiger partial charge < -0.3 is 0 Å². The molecule has 0 fully saturated rings. The maximum atomic E-state index is 11.3. The molecule has 1 aromatic carbocycles. The van der Waals surface area contributed by atoms with Crippen LogP contribution in [0.3, 0.4) is 0 Å². The summed E-state index contributed by atoms with van der Waals surface area (Å²) in [5.41, 5.74) is 4.97. The fourth-order valence-electron chi connectivity index (χ4n) is 2.61. The van der Waals surface area contributed by atoms with Crippen LogP contribution in [0, 0.1) is 0 Å². The van der Waals surface area contributed by atoms with Crippen molar-refractivity contribution in [2.75, 3.05) is 0 Å². The molecule has 0 N–H and O–H groups in total. The molecule has 0 unspecified atom stereocenters. The van der Waals surface area contributed by atoms with Crippen LogP contribution in [0.2, 0.25) is 0 Å². The molecule has 0 amide bonds. The quantitative estimate of drug-likeness (QED) is 0.505. The van der Waals surface area contributed by atoms with Crippen molar-refractivity contribution in [3.05, 3.63) is 32.5 Å². The number of allylic oxidation sites excluding steroid dienone is 2. The lowest BCUT2D eigenvalue weighted by molar-refractivity contribution is 0.805. The normalized spacial score (nSPS) is 24.9. The Morgan fingerprint density at radius 3 is 1.80 bits per heavy atom. The maximum absolute atomic E-state index is 11.3. The van der Waals surface area contributed by atoms with E-state index in [9.17, 15) is 4.79 Å². The van der Waals surface area contributed by atoms with E-state index < -0.39 is 4.33 Å². The maximum Gasteiger partial charge on any atom is 0.185 e. The Hall–Kier alpha value is -0.270. The van der Waals surface area contributed by atoms with Gasteiger partial charge in [-0.25, -0.2) is 0 Å². The number of halogens is 2. The zero-order valence-electron chi connectivity index (χ0n) is 8.41. The zero-order chi connectivity index (χ0) is 10.6. The van der Waals surface area contributed by atoms with E-state index in [1.54, 1.807) is 0 Å². The molecule has 3 heteroatoms. The molecule has 2 aliphatic carbocycles. The van der Waals surface area contributed by atoms with E-state index in [1.807, 2.05) is 0 Å². The summed E-state index contributed by atoms with van der Waals surface area (Å²) in [6.07, 6.45) is 5.82. The van der Waals surface area contributed by atoms with Crippen LogP contribution in [0.25, 0.3) is 0 Å². The molecule has 0 atom stereocenters. The fourth-order valence-corrected chi connectivity index (χ4v) is 3.35. The fraction of sp³-hybridized carbons (Fsp3) is 0.583. The van der Waals surface area contributed by atoms with Gasteiger partial charge in [0.05, 0.1) is 0 Å². The third-order valence-electron chi connectivity index (χ3n) is 3.62. The van der Waals surface area contributed by atoms with E-state index >= 15 is 0 Å². The monoisotopic (exact) mass is 242 g/mol. The standard InChI is InChI=1S/C12H12Cl2O/c13-12(14)9-5-1-3-7-8(11(7)15)4-2-6-10(9)12/h1-6H2. The van der Waals surface area contributed by atoms with Gasteiger partial charge in [-0.2, -0.15) is 0 Å². The summed E-state index contributed by atoms with van der Waals surface area (Å²) in [7, 11) is 0. The average molecular weight is 243 g/mol. The molecule has 0 saturated carbocycles. The van der Waals surface area contributed by atoms with E-state index in [4.69, 9.17) is 23.2 Å². The number of rotatable bonds is 0. The van der Waals surface area contributed by atoms with Crippen LogP contribution in [0.15, 0.2) is 15.9 Å². The van der Waals surface area contributed by atoms with E-state index in [-0.39, 0.29) is 0 Å². The van der Waals surface area contributed by atoms with Gasteiger partial charge in [-0.3, -0.25) is 4.79 Å². The smallest absolute Gasteiger partial charge is 0.185 e. The van der Waals surface area contributed by atoms with E-state index in [1.165, 1.54) is 11.1 Å². The minimum atomic E-state index is -0.617. The van der Waals surface area contributed by atoms with Crippen LogP contribution in [0.5, 0.6) is 0 Å². The van der Waals surface area contributed by atoms with Gasteiger partial charge >= 0.3 is 0 Å². The van der Waals surface area contributed by atoms with Crippen molar-refractivity contribution < 1.29 is 0 Å². The molecule has 1 aromatic rings. The van der Waals surface area contributed by atoms with Gasteiger partial charge in [0.2, 0.25) is 0 Å². The first-order valence-corrected chi connectivity index (χ1v) is 6.25. The molecule has 1 nitrogen and oxygen atoms in total. The molecule has 0 spiro atoms. The summed E-state index contributed by atoms with van der Waals surface area (Å²) in [5.74, 6) is 0. The number of hydrogen-bond acceptors (Lipinski definition) is 1. The van der Waals surface area contributed by atoms with Crippen molar-refractivity contribution in [3.63, 3.8) is 0 Å². The molecule has 15 heavy (non-hydrogen) atoms. The largest absolute Gasteiger partial charge is 0.289 e. The molecule has 80 valence electrons. The number of alkyl halides is 2. The Labute approximate surface area is 98.8 Å². The summed E-state index contributed by atoms with van der Waals surface area (Å²) < 4.78 is -0.617. The number of hydrogen-bond donors (Lipinski definition) is 0. The lowest BCUT2D eigenvalue weighted by Gasteiger charge is -1.99. The molecule has 0 aliphatic heterocycles. The Balaban J connectivity index is 1.73. The first-order valence-electron chi connectivity index (χ1n) is 5.50. The molecule has 2 aliphatic rings. The summed E-state index contributed by atoms with van der Waals surface area (Å²) >= 11 is 12.3. The Morgan fingerprint density at radius 2 is 1.33 bits per heavy atom. The topological polar surface area (TPSA) is 17.1 Å². The predicted molar refractivity (Wildman–Crippen MR) is 62.4 cm³/mol. The van der Waals surface area contributed by atoms with Gasteiger partial charge in [0.1, 0.15) is 0 Å². The lowest BCUT2D eigenvalue weighted by Crippen LogP contribution is -1.95. The molecule has 0 bridgehead atoms. The van der Waals surface area contributed by atoms with Crippen molar-refractivity contribution in [2.45, 2.75) is 42.9 Å². The van der Waals surface area contributed by atoms with Gasteiger partial charge in [-0.1, -0.05) is 23.2 Å². The van der Waals surface area contributed by atoms with Crippen LogP contribution in [-0.4, -0.2) is 4.33 Å². The Kier molecular flexibility index (Phi) is 2.06. The summed E-state index contributed by atoms with van der Waals surface area (Å²) in [4.78, 5) is 11.3. The van der Waals surface area contributed by atoms with Gasteiger partial charge in [-0.15, -0.1) is 0 Å². The Morgan fingerprint density at radius 1 is 0.867 bits per heavy atom. The lowest BCUT2D eigenvalue weighted by atomic mass is 10.1. The van der Waals surface area contributed by atoms with Crippen molar-refractivity contribution in [1.29, 1.82) is 0 Å². The highest BCUT2D eigenvalue weighted by Gasteiger charge is 2.49. The SMILES string of the molecule is O=c1c2c1CCCC1=C(CCC2)C1(Cl)Cl. The van der Waals surface area contributed by atoms with E-state index in [2.05, 4.69) is 0 Å². The minimum absolute atomic E-state index is 0.337. The van der Waals surface area contributed by atoms with Crippen molar-refractivity contribution in [3.8, 4) is 0 Å². The molecule has 3 rings (SSSR count). The molecule has 0 saturated heterocycles. The molecular weight excluding hydrogens is 231 g/mol. The van der Waals surface area contributed by atoms with Crippen LogP contribution in [0.1, 0.15) is 36.8 Å². The third-order valence-corrected chi connectivity index (χ3v) is 4.53. The summed E-state index contributed by atoms with van der Waals surface area (Å²) in [6, 6.07) is 0. The third kappa shape index (κ3) is 1.48. The highest BCUT2D eigenvalue weighted by molar-refractivity contribution is 6.56. The van der Waals surface area contributed by atoms with Crippen LogP contribution < -0.4 is 5.43 Å². The van der Waals surface area contributed by atoms with Crippen molar-refractivity contribution in [1.82, 2.24) is 0 Å². The second kappa shape index (κ2) is 3.11. The average Bonchev–Trinajstić information content (AvgIpc) is 2.97. The minimum Gasteiger partial charge on any atom is -0.289 e. The van der Waals surface area contributed by atoms with Crippen molar-refractivity contribution >= 4 is 23.2 Å². The van der Waals surface area contributed by atoms with E-state index in [0.29, 0.717) is 5.43 Å². The molecule has 0 radical (unpaired) electrons. The van der Waals surface area contributed by atoms with Crippen molar-refractivity contribution in [2.24, 2.45) is 0 Å². The first-order chi connectivity index (χ1) is 7.12.